The second-order valence-corrected chi connectivity index (χ2v) is 8.09. The predicted octanol–water partition coefficient (Wildman–Crippen LogP) is 1.71. The normalized spacial score (nSPS) is 22.8. The lowest BCUT2D eigenvalue weighted by atomic mass is 9.85. The standard InChI is InChI=1S/C18H29N3O4/c1-11-9-13(15(19)22)21(10-11)16(23)14(18(2,3)4)20-17(24)25-12-7-5-6-8-12/h12-14H,1,5-10H2,2-4H3,(H2,19,22)(H,20,24)/t13-,14+/m0/s1. The number of hydrogen-bond acceptors (Lipinski definition) is 4. The molecule has 3 amide bonds. The number of carbonyl (C=O) groups excluding carboxylic acids is 3. The molecule has 2 rings (SSSR count). The maximum Gasteiger partial charge on any atom is 0.408 e. The van der Waals surface area contributed by atoms with Crippen LogP contribution >= 0.6 is 0 Å². The highest BCUT2D eigenvalue weighted by atomic mass is 16.6. The Morgan fingerprint density at radius 2 is 1.88 bits per heavy atom. The van der Waals surface area contributed by atoms with Gasteiger partial charge < -0.3 is 20.7 Å². The van der Waals surface area contributed by atoms with E-state index in [0.29, 0.717) is 6.42 Å². The first-order valence-electron chi connectivity index (χ1n) is 8.83. The van der Waals surface area contributed by atoms with Crippen LogP contribution in [0.15, 0.2) is 12.2 Å². The fourth-order valence-electron chi connectivity index (χ4n) is 3.41. The number of nitrogens with one attached hydrogen (secondary N) is 1. The second kappa shape index (κ2) is 7.45. The van der Waals surface area contributed by atoms with E-state index in [9.17, 15) is 14.4 Å². The molecule has 140 valence electrons. The molecule has 25 heavy (non-hydrogen) atoms. The van der Waals surface area contributed by atoms with Gasteiger partial charge in [-0.1, -0.05) is 32.9 Å². The van der Waals surface area contributed by atoms with E-state index in [-0.39, 0.29) is 18.6 Å². The number of nitrogens with zero attached hydrogens (tertiary/aromatic N) is 1. The summed E-state index contributed by atoms with van der Waals surface area (Å²) < 4.78 is 5.42. The third-order valence-electron chi connectivity index (χ3n) is 4.81. The van der Waals surface area contributed by atoms with Gasteiger partial charge in [0.1, 0.15) is 18.2 Å². The molecule has 1 aliphatic carbocycles. The van der Waals surface area contributed by atoms with Crippen LogP contribution in [-0.4, -0.2) is 47.5 Å². The van der Waals surface area contributed by atoms with E-state index >= 15 is 0 Å². The van der Waals surface area contributed by atoms with Gasteiger partial charge in [-0.25, -0.2) is 4.79 Å². The molecule has 0 aromatic carbocycles. The van der Waals surface area contributed by atoms with Crippen LogP contribution in [0.25, 0.3) is 0 Å². The van der Waals surface area contributed by atoms with Gasteiger partial charge in [0, 0.05) is 6.54 Å². The van der Waals surface area contributed by atoms with Crippen molar-refractivity contribution in [2.75, 3.05) is 6.54 Å². The predicted molar refractivity (Wildman–Crippen MR) is 93.6 cm³/mol. The average molecular weight is 351 g/mol. The topological polar surface area (TPSA) is 102 Å². The molecule has 1 aliphatic heterocycles. The molecule has 1 heterocycles. The van der Waals surface area contributed by atoms with E-state index in [4.69, 9.17) is 10.5 Å². The molecule has 3 N–H and O–H groups in total. The maximum absolute atomic E-state index is 13.0. The van der Waals surface area contributed by atoms with Crippen LogP contribution in [0, 0.1) is 5.41 Å². The summed E-state index contributed by atoms with van der Waals surface area (Å²) in [7, 11) is 0. The van der Waals surface area contributed by atoms with Gasteiger partial charge in [0.2, 0.25) is 11.8 Å². The molecule has 2 atom stereocenters. The Balaban J connectivity index is 2.10. The number of alkyl carbamates (subject to hydrolysis) is 1. The van der Waals surface area contributed by atoms with E-state index < -0.39 is 29.5 Å². The van der Waals surface area contributed by atoms with Crippen molar-refractivity contribution in [2.45, 2.75) is 71.1 Å². The number of rotatable bonds is 4. The van der Waals surface area contributed by atoms with Crippen molar-refractivity contribution in [3.8, 4) is 0 Å². The molecule has 0 unspecified atom stereocenters. The Hall–Kier alpha value is -2.05. The molecule has 0 radical (unpaired) electrons. The minimum Gasteiger partial charge on any atom is -0.446 e. The zero-order valence-electron chi connectivity index (χ0n) is 15.3. The molecular weight excluding hydrogens is 322 g/mol. The van der Waals surface area contributed by atoms with Crippen LogP contribution in [0.1, 0.15) is 52.9 Å². The van der Waals surface area contributed by atoms with Gasteiger partial charge in [0.25, 0.3) is 0 Å². The Kier molecular flexibility index (Phi) is 5.75. The van der Waals surface area contributed by atoms with Crippen molar-refractivity contribution in [1.29, 1.82) is 0 Å². The van der Waals surface area contributed by atoms with Crippen molar-refractivity contribution in [2.24, 2.45) is 11.1 Å². The van der Waals surface area contributed by atoms with Gasteiger partial charge in [-0.05, 0) is 37.5 Å². The molecule has 0 aromatic heterocycles. The van der Waals surface area contributed by atoms with Gasteiger partial charge in [0.05, 0.1) is 0 Å². The summed E-state index contributed by atoms with van der Waals surface area (Å²) in [5.41, 5.74) is 5.65. The molecule has 0 bridgehead atoms. The third kappa shape index (κ3) is 4.74. The first kappa shape index (κ1) is 19.3. The largest absolute Gasteiger partial charge is 0.446 e. The minimum atomic E-state index is -0.811. The van der Waals surface area contributed by atoms with Gasteiger partial charge in [0.15, 0.2) is 0 Å². The second-order valence-electron chi connectivity index (χ2n) is 8.09. The molecule has 1 saturated carbocycles. The minimum absolute atomic E-state index is 0.0827. The van der Waals surface area contributed by atoms with E-state index in [1.165, 1.54) is 4.90 Å². The fourth-order valence-corrected chi connectivity index (χ4v) is 3.41. The molecule has 1 saturated heterocycles. The average Bonchev–Trinajstić information content (AvgIpc) is 3.12. The summed E-state index contributed by atoms with van der Waals surface area (Å²) in [5.74, 6) is -0.897. The number of hydrogen-bond donors (Lipinski definition) is 2. The van der Waals surface area contributed by atoms with Gasteiger partial charge in [-0.3, -0.25) is 9.59 Å². The summed E-state index contributed by atoms with van der Waals surface area (Å²) in [6.07, 6.45) is 3.51. The summed E-state index contributed by atoms with van der Waals surface area (Å²) in [6, 6.07) is -1.52. The van der Waals surface area contributed by atoms with Gasteiger partial charge >= 0.3 is 6.09 Å². The lowest BCUT2D eigenvalue weighted by Gasteiger charge is -2.34. The van der Waals surface area contributed by atoms with Crippen LogP contribution in [-0.2, 0) is 14.3 Å². The first-order valence-corrected chi connectivity index (χ1v) is 8.83. The van der Waals surface area contributed by atoms with Gasteiger partial charge in [-0.15, -0.1) is 0 Å². The molecule has 0 spiro atoms. The van der Waals surface area contributed by atoms with Crippen molar-refractivity contribution in [1.82, 2.24) is 10.2 Å². The number of primary amides is 1. The summed E-state index contributed by atoms with van der Waals surface area (Å²) in [6.45, 7) is 9.70. The van der Waals surface area contributed by atoms with Crippen LogP contribution in [0.3, 0.4) is 0 Å². The zero-order valence-corrected chi connectivity index (χ0v) is 15.3. The van der Waals surface area contributed by atoms with Crippen LogP contribution in [0.4, 0.5) is 4.79 Å². The number of likely N-dealkylation sites (tertiary alicyclic amines) is 1. The van der Waals surface area contributed by atoms with Crippen LogP contribution < -0.4 is 11.1 Å². The Morgan fingerprint density at radius 3 is 2.40 bits per heavy atom. The number of carbonyl (C=O) groups is 3. The smallest absolute Gasteiger partial charge is 0.408 e. The lowest BCUT2D eigenvalue weighted by molar-refractivity contribution is -0.141. The maximum atomic E-state index is 13.0. The van der Waals surface area contributed by atoms with E-state index in [0.717, 1.165) is 31.3 Å². The fraction of sp³-hybridized carbons (Fsp3) is 0.722. The Labute approximate surface area is 148 Å². The molecule has 7 nitrogen and oxygen atoms in total. The molecule has 7 heteroatoms. The van der Waals surface area contributed by atoms with E-state index in [1.807, 2.05) is 20.8 Å². The monoisotopic (exact) mass is 351 g/mol. The third-order valence-corrected chi connectivity index (χ3v) is 4.81. The zero-order chi connectivity index (χ0) is 18.8. The van der Waals surface area contributed by atoms with Gasteiger partial charge in [-0.2, -0.15) is 0 Å². The van der Waals surface area contributed by atoms with Crippen molar-refractivity contribution in [3.63, 3.8) is 0 Å². The van der Waals surface area contributed by atoms with Crippen molar-refractivity contribution < 1.29 is 19.1 Å². The van der Waals surface area contributed by atoms with Crippen molar-refractivity contribution >= 4 is 17.9 Å². The molecule has 2 fully saturated rings. The van der Waals surface area contributed by atoms with E-state index in [2.05, 4.69) is 11.9 Å². The molecule has 2 aliphatic rings. The number of amides is 3. The summed E-state index contributed by atoms with van der Waals surface area (Å²) in [4.78, 5) is 38.3. The summed E-state index contributed by atoms with van der Waals surface area (Å²) >= 11 is 0. The molecular formula is C18H29N3O4. The highest BCUT2D eigenvalue weighted by molar-refractivity contribution is 5.92. The Bertz CT molecular complexity index is 561. The number of ether oxygens (including phenoxy) is 1. The quantitative estimate of drug-likeness (QED) is 0.753. The van der Waals surface area contributed by atoms with E-state index in [1.54, 1.807) is 0 Å². The number of nitrogens with two attached hydrogens (primary N) is 1. The lowest BCUT2D eigenvalue weighted by Crippen LogP contribution is -2.57. The van der Waals surface area contributed by atoms with Crippen LogP contribution in [0.5, 0.6) is 0 Å². The van der Waals surface area contributed by atoms with Crippen LogP contribution in [0.2, 0.25) is 0 Å². The van der Waals surface area contributed by atoms with Crippen molar-refractivity contribution in [3.05, 3.63) is 12.2 Å². The first-order chi connectivity index (χ1) is 11.6. The SMILES string of the molecule is C=C1C[C@@H](C(N)=O)N(C(=O)[C@@H](NC(=O)OC2CCCC2)C(C)(C)C)C1. The Morgan fingerprint density at radius 1 is 1.28 bits per heavy atom. The highest BCUT2D eigenvalue weighted by Gasteiger charge is 2.42. The highest BCUT2D eigenvalue weighted by Crippen LogP contribution is 2.28. The summed E-state index contributed by atoms with van der Waals surface area (Å²) in [5, 5.41) is 2.70. The molecule has 0 aromatic rings.